The van der Waals surface area contributed by atoms with Crippen LogP contribution in [0.15, 0.2) is 169 Å². The smallest absolute Gasteiger partial charge is 0.0473 e. The molecule has 45 heavy (non-hydrogen) atoms. The molecule has 0 spiro atoms. The molecule has 0 aromatic heterocycles. The van der Waals surface area contributed by atoms with Crippen molar-refractivity contribution in [3.63, 3.8) is 0 Å². The van der Waals surface area contributed by atoms with E-state index in [1.807, 2.05) is 6.08 Å². The zero-order chi connectivity index (χ0) is 30.9. The van der Waals surface area contributed by atoms with Crippen molar-refractivity contribution >= 4 is 55.1 Å². The third-order valence-electron chi connectivity index (χ3n) is 8.85. The van der Waals surface area contributed by atoms with Gasteiger partial charge in [0, 0.05) is 34.1 Å². The normalized spacial score (nSPS) is 15.5. The fourth-order valence-corrected chi connectivity index (χ4v) is 6.83. The summed E-state index contributed by atoms with van der Waals surface area (Å²) in [5.74, 6) is 0.499. The Balaban J connectivity index is 1.42. The van der Waals surface area contributed by atoms with Gasteiger partial charge in [0.05, 0.1) is 0 Å². The minimum atomic E-state index is 0.499. The lowest BCUT2D eigenvalue weighted by atomic mass is 9.91. The van der Waals surface area contributed by atoms with Crippen LogP contribution in [0.1, 0.15) is 27.2 Å². The predicted octanol–water partition coefficient (Wildman–Crippen LogP) is 12.4. The van der Waals surface area contributed by atoms with Gasteiger partial charge >= 0.3 is 0 Å². The maximum absolute atomic E-state index is 4.00. The highest BCUT2D eigenvalue weighted by Gasteiger charge is 2.22. The molecule has 1 atom stereocenters. The van der Waals surface area contributed by atoms with Crippen LogP contribution in [-0.4, -0.2) is 0 Å². The maximum Gasteiger partial charge on any atom is 0.0473 e. The quantitative estimate of drug-likeness (QED) is 0.130. The molecule has 220 valence electrons. The van der Waals surface area contributed by atoms with E-state index in [1.165, 1.54) is 55.0 Å². The zero-order valence-electron chi connectivity index (χ0n) is 26.2. The van der Waals surface area contributed by atoms with E-state index < -0.39 is 0 Å². The monoisotopic (exact) mass is 582 g/mol. The minimum Gasteiger partial charge on any atom is -0.314 e. The molecule has 0 bridgehead atoms. The standard InChI is InChI=1S/C43H38N2/c1-5-13-36(14-6-2)44(37-15-9-7-10-16-37)39-26-32-21-23-34-28-40(29-35-24-22-33(27-39)42(32)43(34)35)45(38-17-11-8-12-18-38)41-25-30(3)19-20-31(41)4/h5-24,26-30H,1,25H2,2-4H3/b14-6-,36-13+. The summed E-state index contributed by atoms with van der Waals surface area (Å²) >= 11 is 0. The molecule has 0 saturated heterocycles. The van der Waals surface area contributed by atoms with Crippen molar-refractivity contribution in [1.82, 2.24) is 0 Å². The first-order valence-electron chi connectivity index (χ1n) is 15.8. The van der Waals surface area contributed by atoms with Gasteiger partial charge in [-0.3, -0.25) is 0 Å². The number of anilines is 4. The van der Waals surface area contributed by atoms with Crippen molar-refractivity contribution in [3.8, 4) is 0 Å². The van der Waals surface area contributed by atoms with Crippen molar-refractivity contribution in [2.45, 2.75) is 27.2 Å². The molecule has 1 aliphatic rings. The first kappa shape index (κ1) is 28.4. The Morgan fingerprint density at radius 2 is 1.24 bits per heavy atom. The van der Waals surface area contributed by atoms with E-state index in [1.54, 1.807) is 0 Å². The van der Waals surface area contributed by atoms with Crippen molar-refractivity contribution in [3.05, 3.63) is 169 Å². The van der Waals surface area contributed by atoms with E-state index in [9.17, 15) is 0 Å². The van der Waals surface area contributed by atoms with Crippen LogP contribution in [0.2, 0.25) is 0 Å². The highest BCUT2D eigenvalue weighted by molar-refractivity contribution is 6.24. The molecule has 1 aliphatic carbocycles. The van der Waals surface area contributed by atoms with Crippen molar-refractivity contribution < 1.29 is 0 Å². The van der Waals surface area contributed by atoms with E-state index >= 15 is 0 Å². The van der Waals surface area contributed by atoms with E-state index in [4.69, 9.17) is 0 Å². The molecule has 0 saturated carbocycles. The Morgan fingerprint density at radius 3 is 1.78 bits per heavy atom. The number of allylic oxidation sites excluding steroid dienone is 8. The van der Waals surface area contributed by atoms with Gasteiger partial charge in [-0.15, -0.1) is 0 Å². The number of nitrogens with zero attached hydrogens (tertiary/aromatic N) is 2. The summed E-state index contributed by atoms with van der Waals surface area (Å²) in [6.45, 7) is 10.6. The van der Waals surface area contributed by atoms with Crippen molar-refractivity contribution in [1.29, 1.82) is 0 Å². The summed E-state index contributed by atoms with van der Waals surface area (Å²) in [7, 11) is 0. The summed E-state index contributed by atoms with van der Waals surface area (Å²) in [5, 5.41) is 7.61. The molecule has 0 amide bonds. The lowest BCUT2D eigenvalue weighted by molar-refractivity contribution is 0.688. The summed E-state index contributed by atoms with van der Waals surface area (Å²) in [6, 6.07) is 39.9. The lowest BCUT2D eigenvalue weighted by Crippen LogP contribution is -2.21. The molecule has 6 aromatic rings. The summed E-state index contributed by atoms with van der Waals surface area (Å²) in [5.41, 5.74) is 8.37. The number of hydrogen-bond acceptors (Lipinski definition) is 2. The van der Waals surface area contributed by atoms with Gasteiger partial charge in [-0.25, -0.2) is 0 Å². The largest absolute Gasteiger partial charge is 0.314 e. The van der Waals surface area contributed by atoms with Crippen LogP contribution >= 0.6 is 0 Å². The van der Waals surface area contributed by atoms with E-state index in [0.717, 1.165) is 23.5 Å². The molecule has 0 N–H and O–H groups in total. The minimum absolute atomic E-state index is 0.499. The van der Waals surface area contributed by atoms with Gasteiger partial charge in [0.2, 0.25) is 0 Å². The van der Waals surface area contributed by atoms with Crippen LogP contribution in [-0.2, 0) is 0 Å². The third-order valence-corrected chi connectivity index (χ3v) is 8.85. The molecule has 7 rings (SSSR count). The third kappa shape index (κ3) is 5.23. The van der Waals surface area contributed by atoms with E-state index in [0.29, 0.717) is 5.92 Å². The number of benzene rings is 6. The van der Waals surface area contributed by atoms with Gasteiger partial charge in [-0.1, -0.05) is 98.5 Å². The summed E-state index contributed by atoms with van der Waals surface area (Å²) in [4.78, 5) is 4.77. The first-order valence-corrected chi connectivity index (χ1v) is 15.8. The van der Waals surface area contributed by atoms with E-state index in [-0.39, 0.29) is 0 Å². The molecule has 2 nitrogen and oxygen atoms in total. The van der Waals surface area contributed by atoms with Gasteiger partial charge in [-0.2, -0.15) is 0 Å². The predicted molar refractivity (Wildman–Crippen MR) is 196 cm³/mol. The second-order valence-electron chi connectivity index (χ2n) is 12.0. The molecule has 0 heterocycles. The molecule has 2 heteroatoms. The van der Waals surface area contributed by atoms with E-state index in [2.05, 4.69) is 177 Å². The van der Waals surface area contributed by atoms with Crippen molar-refractivity contribution in [2.24, 2.45) is 5.92 Å². The zero-order valence-corrected chi connectivity index (χ0v) is 26.2. The molecule has 1 unspecified atom stereocenters. The average Bonchev–Trinajstić information content (AvgIpc) is 3.06. The Morgan fingerprint density at radius 1 is 0.711 bits per heavy atom. The highest BCUT2D eigenvalue weighted by Crippen LogP contribution is 2.44. The second kappa shape index (κ2) is 12.0. The van der Waals surface area contributed by atoms with Gasteiger partial charge < -0.3 is 9.80 Å². The van der Waals surface area contributed by atoms with Gasteiger partial charge in [0.25, 0.3) is 0 Å². The number of hydrogen-bond donors (Lipinski definition) is 0. The molecule has 0 fully saturated rings. The Labute approximate surface area is 266 Å². The van der Waals surface area contributed by atoms with Crippen LogP contribution in [0, 0.1) is 5.92 Å². The molecule has 0 aliphatic heterocycles. The van der Waals surface area contributed by atoms with Crippen LogP contribution in [0.25, 0.3) is 32.3 Å². The fraction of sp³-hybridized carbons (Fsp3) is 0.116. The Hall–Kier alpha value is -5.34. The van der Waals surface area contributed by atoms with Gasteiger partial charge in [0.15, 0.2) is 0 Å². The van der Waals surface area contributed by atoms with Crippen LogP contribution in [0.4, 0.5) is 22.7 Å². The maximum atomic E-state index is 4.00. The number of rotatable bonds is 8. The van der Waals surface area contributed by atoms with Crippen LogP contribution < -0.4 is 9.80 Å². The Kier molecular flexibility index (Phi) is 7.57. The summed E-state index contributed by atoms with van der Waals surface area (Å²) < 4.78 is 0. The topological polar surface area (TPSA) is 6.48 Å². The van der Waals surface area contributed by atoms with Crippen LogP contribution in [0.3, 0.4) is 0 Å². The fourth-order valence-electron chi connectivity index (χ4n) is 6.83. The molecule has 0 radical (unpaired) electrons. The highest BCUT2D eigenvalue weighted by atomic mass is 15.2. The molecule has 6 aromatic carbocycles. The summed E-state index contributed by atoms with van der Waals surface area (Å²) in [6.07, 6.45) is 13.8. The van der Waals surface area contributed by atoms with Gasteiger partial charge in [0.1, 0.15) is 0 Å². The first-order chi connectivity index (χ1) is 22.1. The SMILES string of the molecule is C=C/C=C(\C=C/C)N(c1ccccc1)c1cc2ccc3cc(N(C4=C(C)C=CC(C)C4)c4ccccc4)cc4ccc(c1)c2c34. The van der Waals surface area contributed by atoms with Crippen LogP contribution in [0.5, 0.6) is 0 Å². The molecular weight excluding hydrogens is 544 g/mol. The van der Waals surface area contributed by atoms with Gasteiger partial charge in [-0.05, 0) is 125 Å². The van der Waals surface area contributed by atoms with Crippen molar-refractivity contribution in [2.75, 3.05) is 9.80 Å². The number of para-hydroxylation sites is 2. The second-order valence-corrected chi connectivity index (χ2v) is 12.0. The molecular formula is C43H38N2. The average molecular weight is 583 g/mol. The Bertz CT molecular complexity index is 2060. The lowest BCUT2D eigenvalue weighted by Gasteiger charge is -2.32.